The van der Waals surface area contributed by atoms with Crippen LogP contribution in [0.25, 0.3) is 0 Å². The molecule has 0 saturated carbocycles. The number of nitrogens with one attached hydrogen (secondary N) is 1. The highest BCUT2D eigenvalue weighted by atomic mass is 32.2. The number of hydrogen-bond donors (Lipinski definition) is 1. The highest BCUT2D eigenvalue weighted by Gasteiger charge is 2.33. The quantitative estimate of drug-likeness (QED) is 0.587. The van der Waals surface area contributed by atoms with Crippen molar-refractivity contribution in [3.05, 3.63) is 59.7 Å². The number of fused-ring (bicyclic) bond motifs is 1. The molecular formula is C20H20F2N2O3S. The molecule has 3 rings (SSSR count). The predicted octanol–water partition coefficient (Wildman–Crippen LogP) is 3.54. The van der Waals surface area contributed by atoms with Crippen LogP contribution in [-0.2, 0) is 27.3 Å². The van der Waals surface area contributed by atoms with E-state index in [4.69, 9.17) is 4.74 Å². The second kappa shape index (κ2) is 9.16. The molecule has 1 heterocycles. The minimum absolute atomic E-state index is 0.0155. The van der Waals surface area contributed by atoms with E-state index in [-0.39, 0.29) is 18.4 Å². The van der Waals surface area contributed by atoms with Crippen molar-refractivity contribution in [2.24, 2.45) is 0 Å². The minimum atomic E-state index is -2.49. The number of halogens is 2. The summed E-state index contributed by atoms with van der Waals surface area (Å²) in [5.41, 5.74) is 2.65. The largest absolute Gasteiger partial charge is 0.468 e. The molecule has 1 aliphatic rings. The van der Waals surface area contributed by atoms with E-state index in [0.717, 1.165) is 11.1 Å². The molecule has 0 bridgehead atoms. The molecule has 0 radical (unpaired) electrons. The van der Waals surface area contributed by atoms with Gasteiger partial charge in [0, 0.05) is 17.1 Å². The van der Waals surface area contributed by atoms with Gasteiger partial charge in [0.25, 0.3) is 5.76 Å². The summed E-state index contributed by atoms with van der Waals surface area (Å²) in [4.78, 5) is 26.9. The van der Waals surface area contributed by atoms with Crippen LogP contribution in [0.3, 0.4) is 0 Å². The number of carbonyl (C=O) groups excluding carboxylic acids is 2. The number of esters is 1. The van der Waals surface area contributed by atoms with Crippen LogP contribution >= 0.6 is 11.8 Å². The average molecular weight is 406 g/mol. The molecule has 0 aliphatic carbocycles. The number of amides is 1. The zero-order valence-electron chi connectivity index (χ0n) is 15.2. The third-order valence-corrected chi connectivity index (χ3v) is 5.25. The molecule has 28 heavy (non-hydrogen) atoms. The van der Waals surface area contributed by atoms with Crippen LogP contribution in [0.1, 0.15) is 11.1 Å². The van der Waals surface area contributed by atoms with Crippen molar-refractivity contribution in [3.63, 3.8) is 0 Å². The Balaban J connectivity index is 1.66. The monoisotopic (exact) mass is 406 g/mol. The van der Waals surface area contributed by atoms with E-state index in [0.29, 0.717) is 35.3 Å². The summed E-state index contributed by atoms with van der Waals surface area (Å²) in [5.74, 6) is -3.16. The first-order chi connectivity index (χ1) is 13.5. The Hall–Kier alpha value is -2.45. The first-order valence-electron chi connectivity index (χ1n) is 8.69. The molecule has 1 atom stereocenters. The summed E-state index contributed by atoms with van der Waals surface area (Å²) in [6.45, 7) is 0.481. The number of methoxy groups -OCH3 is 1. The number of benzene rings is 2. The molecule has 2 aromatic carbocycles. The standard InChI is InChI=1S/C20H20F2N2O3S/c1-27-19(26)17-10-13-4-2-3-5-14(13)11-24(17)12-18(25)23-15-6-8-16(9-7-15)28-20(21)22/h2-9,17,20H,10-12H2,1H3,(H,23,25)/t17-/m1/s1. The number of rotatable bonds is 6. The molecule has 0 spiro atoms. The molecule has 2 aromatic rings. The van der Waals surface area contributed by atoms with Crippen LogP contribution in [0.4, 0.5) is 14.5 Å². The van der Waals surface area contributed by atoms with E-state index in [1.165, 1.54) is 19.2 Å². The average Bonchev–Trinajstić information content (AvgIpc) is 2.68. The normalized spacial score (nSPS) is 16.5. The van der Waals surface area contributed by atoms with Crippen LogP contribution in [0, 0.1) is 0 Å². The fraction of sp³-hybridized carbons (Fsp3) is 0.300. The van der Waals surface area contributed by atoms with Crippen molar-refractivity contribution in [1.29, 1.82) is 0 Å². The molecule has 0 saturated heterocycles. The SMILES string of the molecule is COC(=O)[C@H]1Cc2ccccc2CN1CC(=O)Nc1ccc(SC(F)F)cc1. The highest BCUT2D eigenvalue weighted by Crippen LogP contribution is 2.27. The number of thioether (sulfide) groups is 1. The lowest BCUT2D eigenvalue weighted by Crippen LogP contribution is -2.49. The third-order valence-electron chi connectivity index (χ3n) is 4.53. The highest BCUT2D eigenvalue weighted by molar-refractivity contribution is 7.99. The van der Waals surface area contributed by atoms with Gasteiger partial charge in [0.15, 0.2) is 0 Å². The van der Waals surface area contributed by atoms with E-state index < -0.39 is 11.8 Å². The van der Waals surface area contributed by atoms with Gasteiger partial charge in [-0.1, -0.05) is 36.0 Å². The number of carbonyl (C=O) groups is 2. The fourth-order valence-electron chi connectivity index (χ4n) is 3.22. The van der Waals surface area contributed by atoms with Gasteiger partial charge >= 0.3 is 5.97 Å². The van der Waals surface area contributed by atoms with E-state index in [2.05, 4.69) is 5.32 Å². The van der Waals surface area contributed by atoms with Crippen molar-refractivity contribution in [1.82, 2.24) is 4.90 Å². The van der Waals surface area contributed by atoms with Crippen LogP contribution in [-0.4, -0.2) is 42.2 Å². The van der Waals surface area contributed by atoms with Crippen molar-refractivity contribution in [2.75, 3.05) is 19.0 Å². The van der Waals surface area contributed by atoms with E-state index in [1.54, 1.807) is 17.0 Å². The summed E-state index contributed by atoms with van der Waals surface area (Å²) in [5, 5.41) is 2.74. The number of nitrogens with zero attached hydrogens (tertiary/aromatic N) is 1. The lowest BCUT2D eigenvalue weighted by Gasteiger charge is -2.34. The Morgan fingerprint density at radius 1 is 1.18 bits per heavy atom. The summed E-state index contributed by atoms with van der Waals surface area (Å²) >= 11 is 0.448. The number of anilines is 1. The maximum atomic E-state index is 12.5. The van der Waals surface area contributed by atoms with Crippen molar-refractivity contribution in [3.8, 4) is 0 Å². The molecule has 1 N–H and O–H groups in total. The first-order valence-corrected chi connectivity index (χ1v) is 9.57. The van der Waals surface area contributed by atoms with Gasteiger partial charge in [-0.05, 0) is 41.8 Å². The Labute approximate surface area is 166 Å². The minimum Gasteiger partial charge on any atom is -0.468 e. The molecule has 0 unspecified atom stereocenters. The van der Waals surface area contributed by atoms with Crippen LogP contribution < -0.4 is 5.32 Å². The molecule has 0 fully saturated rings. The number of alkyl halides is 2. The molecule has 5 nitrogen and oxygen atoms in total. The van der Waals surface area contributed by atoms with Gasteiger partial charge < -0.3 is 10.1 Å². The Morgan fingerprint density at radius 2 is 1.86 bits per heavy atom. The van der Waals surface area contributed by atoms with Crippen LogP contribution in [0.2, 0.25) is 0 Å². The Morgan fingerprint density at radius 3 is 2.50 bits per heavy atom. The van der Waals surface area contributed by atoms with Gasteiger partial charge in [0.05, 0.1) is 13.7 Å². The third kappa shape index (κ3) is 5.08. The maximum absolute atomic E-state index is 12.5. The van der Waals surface area contributed by atoms with Gasteiger partial charge in [-0.15, -0.1) is 0 Å². The van der Waals surface area contributed by atoms with E-state index in [1.807, 2.05) is 24.3 Å². The topological polar surface area (TPSA) is 58.6 Å². The second-order valence-electron chi connectivity index (χ2n) is 6.37. The summed E-state index contributed by atoms with van der Waals surface area (Å²) in [6, 6.07) is 13.5. The summed E-state index contributed by atoms with van der Waals surface area (Å²) < 4.78 is 29.7. The predicted molar refractivity (Wildman–Crippen MR) is 103 cm³/mol. The van der Waals surface area contributed by atoms with E-state index in [9.17, 15) is 18.4 Å². The van der Waals surface area contributed by atoms with Crippen molar-refractivity contribution in [2.45, 2.75) is 29.7 Å². The van der Waals surface area contributed by atoms with Gasteiger partial charge in [-0.3, -0.25) is 14.5 Å². The second-order valence-corrected chi connectivity index (χ2v) is 7.43. The molecule has 1 aliphatic heterocycles. The van der Waals surface area contributed by atoms with Crippen molar-refractivity contribution < 1.29 is 23.1 Å². The van der Waals surface area contributed by atoms with E-state index >= 15 is 0 Å². The van der Waals surface area contributed by atoms with Gasteiger partial charge in [-0.2, -0.15) is 8.78 Å². The molecule has 0 aromatic heterocycles. The smallest absolute Gasteiger partial charge is 0.323 e. The summed E-state index contributed by atoms with van der Waals surface area (Å²) in [6.07, 6.45) is 0.482. The first kappa shape index (κ1) is 20.3. The summed E-state index contributed by atoms with van der Waals surface area (Å²) in [7, 11) is 1.33. The maximum Gasteiger partial charge on any atom is 0.323 e. The molecule has 1 amide bonds. The van der Waals surface area contributed by atoms with Gasteiger partial charge in [-0.25, -0.2) is 0 Å². The Bertz CT molecular complexity index is 846. The number of hydrogen-bond acceptors (Lipinski definition) is 5. The number of ether oxygens (including phenoxy) is 1. The van der Waals surface area contributed by atoms with Crippen molar-refractivity contribution >= 4 is 29.3 Å². The molecule has 148 valence electrons. The zero-order chi connectivity index (χ0) is 20.1. The van der Waals surface area contributed by atoms with Gasteiger partial charge in [0.2, 0.25) is 5.91 Å². The van der Waals surface area contributed by atoms with Gasteiger partial charge in [0.1, 0.15) is 6.04 Å². The fourth-order valence-corrected chi connectivity index (χ4v) is 3.72. The lowest BCUT2D eigenvalue weighted by atomic mass is 9.94. The van der Waals surface area contributed by atoms with Crippen LogP contribution in [0.15, 0.2) is 53.4 Å². The lowest BCUT2D eigenvalue weighted by molar-refractivity contribution is -0.148. The molecule has 8 heteroatoms. The Kier molecular flexibility index (Phi) is 6.64. The molecular weight excluding hydrogens is 386 g/mol. The van der Waals surface area contributed by atoms with Crippen LogP contribution in [0.5, 0.6) is 0 Å². The zero-order valence-corrected chi connectivity index (χ0v) is 16.0.